The number of aromatic nitrogens is 1. The third-order valence-corrected chi connectivity index (χ3v) is 4.32. The lowest BCUT2D eigenvalue weighted by Gasteiger charge is -2.20. The Kier molecular flexibility index (Phi) is 3.19. The first kappa shape index (κ1) is 13.7. The summed E-state index contributed by atoms with van der Waals surface area (Å²) in [5.41, 5.74) is 3.40. The number of hydrogen-bond donors (Lipinski definition) is 0. The second kappa shape index (κ2) is 5.36. The van der Waals surface area contributed by atoms with Crippen LogP contribution in [0.5, 0.6) is 0 Å². The fourth-order valence-corrected chi connectivity index (χ4v) is 3.21. The summed E-state index contributed by atoms with van der Waals surface area (Å²) in [5, 5.41) is 1.00. The van der Waals surface area contributed by atoms with Crippen LogP contribution in [0.15, 0.2) is 79.0 Å². The molecular formula is C20H15NO2. The number of para-hydroxylation sites is 1. The molecule has 0 unspecified atom stereocenters. The van der Waals surface area contributed by atoms with E-state index >= 15 is 0 Å². The van der Waals surface area contributed by atoms with E-state index < -0.39 is 0 Å². The predicted octanol–water partition coefficient (Wildman–Crippen LogP) is 4.17. The number of pyridine rings is 1. The van der Waals surface area contributed by atoms with Crippen molar-refractivity contribution in [2.45, 2.75) is 12.0 Å². The van der Waals surface area contributed by atoms with Gasteiger partial charge in [0.05, 0.1) is 11.4 Å². The van der Waals surface area contributed by atoms with Crippen LogP contribution in [-0.4, -0.2) is 11.0 Å². The first-order valence-corrected chi connectivity index (χ1v) is 7.54. The van der Waals surface area contributed by atoms with Crippen LogP contribution in [0, 0.1) is 0 Å². The molecule has 0 bridgehead atoms. The highest BCUT2D eigenvalue weighted by atomic mass is 16.6. The van der Waals surface area contributed by atoms with Gasteiger partial charge in [-0.3, -0.25) is 4.98 Å². The molecule has 1 aliphatic rings. The monoisotopic (exact) mass is 301 g/mol. The number of ether oxygens (including phenoxy) is 1. The Hall–Kier alpha value is -2.94. The average Bonchev–Trinajstić information content (AvgIpc) is 2.90. The van der Waals surface area contributed by atoms with Crippen molar-refractivity contribution in [2.24, 2.45) is 0 Å². The molecule has 0 radical (unpaired) electrons. The summed E-state index contributed by atoms with van der Waals surface area (Å²) in [6.45, 7) is 3.96. The number of benzene rings is 2. The van der Waals surface area contributed by atoms with Crippen molar-refractivity contribution >= 4 is 16.9 Å². The average molecular weight is 301 g/mol. The molecule has 0 amide bonds. The number of rotatable bonds is 2. The molecule has 0 aliphatic carbocycles. The zero-order valence-electron chi connectivity index (χ0n) is 12.5. The first-order chi connectivity index (χ1) is 11.3. The molecule has 4 rings (SSSR count). The van der Waals surface area contributed by atoms with Gasteiger partial charge in [-0.15, -0.1) is 0 Å². The van der Waals surface area contributed by atoms with Gasteiger partial charge in [0.25, 0.3) is 0 Å². The van der Waals surface area contributed by atoms with Gasteiger partial charge in [-0.25, -0.2) is 4.79 Å². The zero-order valence-corrected chi connectivity index (χ0v) is 12.5. The van der Waals surface area contributed by atoms with Crippen molar-refractivity contribution in [3.63, 3.8) is 0 Å². The highest BCUT2D eigenvalue weighted by Gasteiger charge is 2.41. The summed E-state index contributed by atoms with van der Waals surface area (Å²) < 4.78 is 5.67. The maximum Gasteiger partial charge on any atom is 0.334 e. The summed E-state index contributed by atoms with van der Waals surface area (Å²) >= 11 is 0. The molecule has 2 aromatic carbocycles. The third-order valence-electron chi connectivity index (χ3n) is 4.32. The minimum Gasteiger partial charge on any atom is -0.453 e. The largest absolute Gasteiger partial charge is 0.453 e. The fraction of sp³-hybridized carbons (Fsp3) is 0.100. The quantitative estimate of drug-likeness (QED) is 0.526. The van der Waals surface area contributed by atoms with E-state index in [0.717, 1.165) is 22.0 Å². The fourth-order valence-electron chi connectivity index (χ4n) is 3.21. The molecule has 0 N–H and O–H groups in total. The summed E-state index contributed by atoms with van der Waals surface area (Å²) in [4.78, 5) is 16.5. The summed E-state index contributed by atoms with van der Waals surface area (Å²) in [7, 11) is 0. The SMILES string of the molecule is C=C1C(=O)O[C@H](c2ccnc3ccccc23)[C@H]1c1ccccc1. The van der Waals surface area contributed by atoms with E-state index in [-0.39, 0.29) is 18.0 Å². The van der Waals surface area contributed by atoms with Crippen molar-refractivity contribution in [1.29, 1.82) is 0 Å². The second-order valence-electron chi connectivity index (χ2n) is 5.66. The highest BCUT2D eigenvalue weighted by molar-refractivity contribution is 5.93. The van der Waals surface area contributed by atoms with Gasteiger partial charge in [0.2, 0.25) is 0 Å². The van der Waals surface area contributed by atoms with Gasteiger partial charge in [-0.05, 0) is 17.7 Å². The van der Waals surface area contributed by atoms with E-state index in [0.29, 0.717) is 5.57 Å². The van der Waals surface area contributed by atoms with Gasteiger partial charge in [-0.1, -0.05) is 55.1 Å². The van der Waals surface area contributed by atoms with E-state index in [1.54, 1.807) is 6.20 Å². The van der Waals surface area contributed by atoms with Gasteiger partial charge in [0, 0.05) is 22.7 Å². The number of carbonyl (C=O) groups excluding carboxylic acids is 1. The van der Waals surface area contributed by atoms with Gasteiger partial charge in [0.15, 0.2) is 0 Å². The van der Waals surface area contributed by atoms with Crippen LogP contribution in [0.4, 0.5) is 0 Å². The van der Waals surface area contributed by atoms with Crippen LogP contribution >= 0.6 is 0 Å². The van der Waals surface area contributed by atoms with E-state index in [9.17, 15) is 4.79 Å². The molecule has 112 valence electrons. The molecule has 0 saturated carbocycles. The minimum absolute atomic E-state index is 0.172. The Morgan fingerprint density at radius 3 is 2.52 bits per heavy atom. The van der Waals surface area contributed by atoms with Crippen LogP contribution in [0.2, 0.25) is 0 Å². The number of carbonyl (C=O) groups is 1. The molecule has 3 heteroatoms. The van der Waals surface area contributed by atoms with Gasteiger partial charge < -0.3 is 4.74 Å². The van der Waals surface area contributed by atoms with Crippen LogP contribution < -0.4 is 0 Å². The Morgan fingerprint density at radius 2 is 1.70 bits per heavy atom. The first-order valence-electron chi connectivity index (χ1n) is 7.54. The molecule has 23 heavy (non-hydrogen) atoms. The van der Waals surface area contributed by atoms with E-state index in [2.05, 4.69) is 11.6 Å². The second-order valence-corrected chi connectivity index (χ2v) is 5.66. The van der Waals surface area contributed by atoms with Crippen LogP contribution in [-0.2, 0) is 9.53 Å². The number of fused-ring (bicyclic) bond motifs is 1. The minimum atomic E-state index is -0.370. The maximum atomic E-state index is 12.1. The van der Waals surface area contributed by atoms with Gasteiger partial charge in [0.1, 0.15) is 6.10 Å². The zero-order chi connectivity index (χ0) is 15.8. The molecule has 1 fully saturated rings. The number of hydrogen-bond acceptors (Lipinski definition) is 3. The molecule has 1 aromatic heterocycles. The van der Waals surface area contributed by atoms with Crippen molar-refractivity contribution in [2.75, 3.05) is 0 Å². The standard InChI is InChI=1S/C20H15NO2/c1-13-18(14-7-3-2-4-8-14)19(23-20(13)22)16-11-12-21-17-10-6-5-9-15(16)17/h2-12,18-19H,1H2/t18-,19-/m1/s1. The topological polar surface area (TPSA) is 39.2 Å². The molecule has 2 atom stereocenters. The lowest BCUT2D eigenvalue weighted by Crippen LogP contribution is -2.08. The van der Waals surface area contributed by atoms with Crippen LogP contribution in [0.3, 0.4) is 0 Å². The molecule has 1 aliphatic heterocycles. The Bertz CT molecular complexity index is 896. The van der Waals surface area contributed by atoms with E-state index in [1.165, 1.54) is 0 Å². The van der Waals surface area contributed by atoms with Crippen molar-refractivity contribution < 1.29 is 9.53 Å². The van der Waals surface area contributed by atoms with Gasteiger partial charge in [-0.2, -0.15) is 0 Å². The third kappa shape index (κ3) is 2.21. The van der Waals surface area contributed by atoms with Gasteiger partial charge >= 0.3 is 5.97 Å². The normalized spacial score (nSPS) is 20.7. The van der Waals surface area contributed by atoms with E-state index in [1.807, 2.05) is 60.7 Å². The Morgan fingerprint density at radius 1 is 0.957 bits per heavy atom. The Balaban J connectivity index is 1.89. The summed E-state index contributed by atoms with van der Waals surface area (Å²) in [5.74, 6) is -0.501. The molecule has 3 aromatic rings. The smallest absolute Gasteiger partial charge is 0.334 e. The van der Waals surface area contributed by atoms with Crippen molar-refractivity contribution in [3.05, 3.63) is 90.1 Å². The predicted molar refractivity (Wildman–Crippen MR) is 88.9 cm³/mol. The lowest BCUT2D eigenvalue weighted by atomic mass is 9.85. The van der Waals surface area contributed by atoms with Crippen molar-refractivity contribution in [3.8, 4) is 0 Å². The lowest BCUT2D eigenvalue weighted by molar-refractivity contribution is -0.139. The number of cyclic esters (lactones) is 1. The van der Waals surface area contributed by atoms with E-state index in [4.69, 9.17) is 4.74 Å². The van der Waals surface area contributed by atoms with Crippen LogP contribution in [0.25, 0.3) is 10.9 Å². The highest BCUT2D eigenvalue weighted by Crippen LogP contribution is 2.46. The Labute approximate surface area is 134 Å². The molecule has 1 saturated heterocycles. The van der Waals surface area contributed by atoms with Crippen molar-refractivity contribution in [1.82, 2.24) is 4.98 Å². The molecule has 0 spiro atoms. The number of esters is 1. The van der Waals surface area contributed by atoms with Crippen LogP contribution in [0.1, 0.15) is 23.1 Å². The maximum absolute atomic E-state index is 12.1. The molecule has 2 heterocycles. The molecular weight excluding hydrogens is 286 g/mol. The molecule has 3 nitrogen and oxygen atoms in total. The summed E-state index contributed by atoms with van der Waals surface area (Å²) in [6.07, 6.45) is 1.39. The number of nitrogens with zero attached hydrogens (tertiary/aromatic N) is 1. The summed E-state index contributed by atoms with van der Waals surface area (Å²) in [6, 6.07) is 19.7.